The third kappa shape index (κ3) is 5.58. The molecule has 0 aliphatic carbocycles. The van der Waals surface area contributed by atoms with Crippen molar-refractivity contribution in [3.63, 3.8) is 0 Å². The Kier molecular flexibility index (Phi) is 9.04. The van der Waals surface area contributed by atoms with Crippen LogP contribution in [0.1, 0.15) is 65.2 Å². The average molecular weight is 495 g/mol. The molecule has 3 aromatic rings. The highest BCUT2D eigenvalue weighted by atomic mass is 16.6. The molecule has 0 spiro atoms. The van der Waals surface area contributed by atoms with Crippen molar-refractivity contribution in [3.8, 4) is 46.0 Å². The van der Waals surface area contributed by atoms with E-state index in [1.807, 2.05) is 12.1 Å². The van der Waals surface area contributed by atoms with Crippen molar-refractivity contribution < 1.29 is 28.4 Å². The average Bonchev–Trinajstić information content (AvgIpc) is 2.91. The Morgan fingerprint density at radius 3 is 1.44 bits per heavy atom. The van der Waals surface area contributed by atoms with Gasteiger partial charge in [-0.3, -0.25) is 0 Å². The normalized spacial score (nSPS) is 11.8. The SMILES string of the molecule is CCCCCCOc1c2c(c(OCCCCCC)c3ccccc13)Oc1cc(OC)c(OC)cc1O2. The summed E-state index contributed by atoms with van der Waals surface area (Å²) < 4.78 is 36.6. The summed E-state index contributed by atoms with van der Waals surface area (Å²) in [5.41, 5.74) is 0. The van der Waals surface area contributed by atoms with E-state index < -0.39 is 0 Å². The number of benzene rings is 3. The zero-order chi connectivity index (χ0) is 25.3. The summed E-state index contributed by atoms with van der Waals surface area (Å²) in [4.78, 5) is 0. The highest BCUT2D eigenvalue weighted by molar-refractivity contribution is 5.99. The van der Waals surface area contributed by atoms with E-state index in [4.69, 9.17) is 28.4 Å². The van der Waals surface area contributed by atoms with Crippen LogP contribution in [0.2, 0.25) is 0 Å². The monoisotopic (exact) mass is 494 g/mol. The molecule has 36 heavy (non-hydrogen) atoms. The summed E-state index contributed by atoms with van der Waals surface area (Å²) in [6.07, 6.45) is 8.98. The molecule has 1 aliphatic heterocycles. The van der Waals surface area contributed by atoms with E-state index in [0.29, 0.717) is 59.2 Å². The number of ether oxygens (including phenoxy) is 6. The van der Waals surface area contributed by atoms with Crippen LogP contribution >= 0.6 is 0 Å². The first-order chi connectivity index (χ1) is 17.7. The van der Waals surface area contributed by atoms with Gasteiger partial charge in [-0.2, -0.15) is 0 Å². The standard InChI is InChI=1S/C30H38O6/c1-5-7-9-13-17-33-27-21-15-11-12-16-22(21)28(34-18-14-10-8-6-2)30-29(27)35-25-19-23(31-3)24(32-4)20-26(25)36-30/h11-12,15-16,19-20H,5-10,13-14,17-18H2,1-4H3. The fourth-order valence-corrected chi connectivity index (χ4v) is 4.43. The minimum atomic E-state index is 0.535. The first-order valence-corrected chi connectivity index (χ1v) is 13.2. The Morgan fingerprint density at radius 2 is 1.06 bits per heavy atom. The van der Waals surface area contributed by atoms with Gasteiger partial charge >= 0.3 is 0 Å². The maximum atomic E-state index is 6.46. The second-order valence-corrected chi connectivity index (χ2v) is 9.04. The lowest BCUT2D eigenvalue weighted by Gasteiger charge is -2.27. The molecule has 0 bridgehead atoms. The quantitative estimate of drug-likeness (QED) is 0.163. The Bertz CT molecular complexity index is 1070. The summed E-state index contributed by atoms with van der Waals surface area (Å²) in [5, 5.41) is 1.89. The molecular formula is C30H38O6. The molecule has 6 heteroatoms. The number of fused-ring (bicyclic) bond motifs is 3. The molecule has 0 fully saturated rings. The Hall–Kier alpha value is -3.28. The largest absolute Gasteiger partial charge is 0.493 e. The predicted molar refractivity (Wildman–Crippen MR) is 143 cm³/mol. The summed E-state index contributed by atoms with van der Waals surface area (Å²) in [7, 11) is 3.20. The van der Waals surface area contributed by atoms with Gasteiger partial charge in [0, 0.05) is 22.9 Å². The van der Waals surface area contributed by atoms with Crippen LogP contribution in [-0.2, 0) is 0 Å². The molecule has 0 saturated carbocycles. The highest BCUT2D eigenvalue weighted by Gasteiger charge is 2.31. The molecule has 1 heterocycles. The number of methoxy groups -OCH3 is 2. The maximum absolute atomic E-state index is 6.46. The molecular weight excluding hydrogens is 456 g/mol. The molecule has 0 saturated heterocycles. The van der Waals surface area contributed by atoms with Gasteiger partial charge in [-0.05, 0) is 12.8 Å². The van der Waals surface area contributed by atoms with Crippen molar-refractivity contribution >= 4 is 10.8 Å². The summed E-state index contributed by atoms with van der Waals surface area (Å²) in [5.74, 6) is 4.64. The molecule has 194 valence electrons. The van der Waals surface area contributed by atoms with E-state index in [-0.39, 0.29) is 0 Å². The van der Waals surface area contributed by atoms with Gasteiger partial charge in [-0.15, -0.1) is 0 Å². The molecule has 0 radical (unpaired) electrons. The first-order valence-electron chi connectivity index (χ1n) is 13.2. The molecule has 0 N–H and O–H groups in total. The summed E-state index contributed by atoms with van der Waals surface area (Å²) >= 11 is 0. The molecule has 0 amide bonds. The molecule has 0 atom stereocenters. The molecule has 0 aromatic heterocycles. The molecule has 0 unspecified atom stereocenters. The number of rotatable bonds is 14. The topological polar surface area (TPSA) is 55.4 Å². The minimum absolute atomic E-state index is 0.535. The van der Waals surface area contributed by atoms with Crippen molar-refractivity contribution in [1.82, 2.24) is 0 Å². The van der Waals surface area contributed by atoms with Crippen molar-refractivity contribution in [2.45, 2.75) is 65.2 Å². The lowest BCUT2D eigenvalue weighted by atomic mass is 10.1. The summed E-state index contributed by atoms with van der Waals surface area (Å²) in [6, 6.07) is 11.7. The highest BCUT2D eigenvalue weighted by Crippen LogP contribution is 2.59. The van der Waals surface area contributed by atoms with E-state index in [9.17, 15) is 0 Å². The summed E-state index contributed by atoms with van der Waals surface area (Å²) in [6.45, 7) is 5.63. The van der Waals surface area contributed by atoms with Crippen LogP contribution in [0.15, 0.2) is 36.4 Å². The van der Waals surface area contributed by atoms with Gasteiger partial charge in [-0.1, -0.05) is 76.6 Å². The van der Waals surface area contributed by atoms with Crippen LogP contribution in [0.5, 0.6) is 46.0 Å². The van der Waals surface area contributed by atoms with Crippen molar-refractivity contribution in [2.75, 3.05) is 27.4 Å². The predicted octanol–water partition coefficient (Wildman–Crippen LogP) is 8.67. The fourth-order valence-electron chi connectivity index (χ4n) is 4.43. The lowest BCUT2D eigenvalue weighted by Crippen LogP contribution is -2.08. The van der Waals surface area contributed by atoms with Crippen LogP contribution in [0.3, 0.4) is 0 Å². The third-order valence-corrected chi connectivity index (χ3v) is 6.40. The number of hydrogen-bond acceptors (Lipinski definition) is 6. The van der Waals surface area contributed by atoms with Crippen molar-refractivity contribution in [1.29, 1.82) is 0 Å². The van der Waals surface area contributed by atoms with Gasteiger partial charge < -0.3 is 28.4 Å². The van der Waals surface area contributed by atoms with Crippen LogP contribution < -0.4 is 28.4 Å². The molecule has 4 rings (SSSR count). The lowest BCUT2D eigenvalue weighted by molar-refractivity contribution is 0.263. The minimum Gasteiger partial charge on any atom is -0.493 e. The van der Waals surface area contributed by atoms with E-state index in [2.05, 4.69) is 26.0 Å². The molecule has 6 nitrogen and oxygen atoms in total. The fraction of sp³-hybridized carbons (Fsp3) is 0.467. The van der Waals surface area contributed by atoms with E-state index in [0.717, 1.165) is 36.5 Å². The van der Waals surface area contributed by atoms with E-state index >= 15 is 0 Å². The van der Waals surface area contributed by atoms with Gasteiger partial charge in [0.15, 0.2) is 34.5 Å². The van der Waals surface area contributed by atoms with Gasteiger partial charge in [0.25, 0.3) is 0 Å². The van der Waals surface area contributed by atoms with Crippen LogP contribution in [0.4, 0.5) is 0 Å². The van der Waals surface area contributed by atoms with Crippen LogP contribution in [-0.4, -0.2) is 27.4 Å². The van der Waals surface area contributed by atoms with Crippen LogP contribution in [0, 0.1) is 0 Å². The third-order valence-electron chi connectivity index (χ3n) is 6.40. The second kappa shape index (κ2) is 12.6. The van der Waals surface area contributed by atoms with Gasteiger partial charge in [-0.25, -0.2) is 0 Å². The van der Waals surface area contributed by atoms with E-state index in [1.165, 1.54) is 25.7 Å². The van der Waals surface area contributed by atoms with Gasteiger partial charge in [0.1, 0.15) is 0 Å². The van der Waals surface area contributed by atoms with Gasteiger partial charge in [0.05, 0.1) is 27.4 Å². The zero-order valence-corrected chi connectivity index (χ0v) is 22.0. The van der Waals surface area contributed by atoms with Crippen molar-refractivity contribution in [3.05, 3.63) is 36.4 Å². The zero-order valence-electron chi connectivity index (χ0n) is 22.0. The Morgan fingerprint density at radius 1 is 0.611 bits per heavy atom. The number of unbranched alkanes of at least 4 members (excludes halogenated alkanes) is 6. The maximum Gasteiger partial charge on any atom is 0.216 e. The van der Waals surface area contributed by atoms with Crippen molar-refractivity contribution in [2.24, 2.45) is 0 Å². The smallest absolute Gasteiger partial charge is 0.216 e. The molecule has 1 aliphatic rings. The van der Waals surface area contributed by atoms with Crippen LogP contribution in [0.25, 0.3) is 10.8 Å². The Labute approximate surface area is 214 Å². The number of hydrogen-bond donors (Lipinski definition) is 0. The Balaban J connectivity index is 1.76. The molecule has 3 aromatic carbocycles. The van der Waals surface area contributed by atoms with Gasteiger partial charge in [0.2, 0.25) is 11.5 Å². The van der Waals surface area contributed by atoms with E-state index in [1.54, 1.807) is 26.4 Å². The second-order valence-electron chi connectivity index (χ2n) is 9.04. The first kappa shape index (κ1) is 25.8.